The van der Waals surface area contributed by atoms with E-state index in [-0.39, 0.29) is 0 Å². The van der Waals surface area contributed by atoms with Gasteiger partial charge in [0, 0.05) is 31.1 Å². The molecule has 3 heteroatoms. The third-order valence-electron chi connectivity index (χ3n) is 4.26. The molecular weight excluding hydrogens is 234 g/mol. The first-order chi connectivity index (χ1) is 9.28. The first-order valence-electron chi connectivity index (χ1n) is 7.39. The summed E-state index contributed by atoms with van der Waals surface area (Å²) in [5.74, 6) is 0.557. The number of benzene rings is 1. The van der Waals surface area contributed by atoms with Crippen molar-refractivity contribution in [3.8, 4) is 0 Å². The fourth-order valence-corrected chi connectivity index (χ4v) is 3.30. The Hall–Kier alpha value is -1.35. The summed E-state index contributed by atoms with van der Waals surface area (Å²) >= 11 is 0. The number of hydrazone groups is 1. The highest BCUT2D eigenvalue weighted by Crippen LogP contribution is 2.32. The van der Waals surface area contributed by atoms with Gasteiger partial charge in [-0.05, 0) is 25.5 Å². The van der Waals surface area contributed by atoms with Gasteiger partial charge in [0.2, 0.25) is 0 Å². The average molecular weight is 257 g/mol. The fraction of sp³-hybridized carbons (Fsp3) is 0.562. The third kappa shape index (κ3) is 2.52. The van der Waals surface area contributed by atoms with Crippen molar-refractivity contribution in [1.29, 1.82) is 0 Å². The lowest BCUT2D eigenvalue weighted by Crippen LogP contribution is -2.42. The van der Waals surface area contributed by atoms with Gasteiger partial charge in [-0.1, -0.05) is 36.8 Å². The first-order valence-corrected chi connectivity index (χ1v) is 7.39. The quantitative estimate of drug-likeness (QED) is 0.901. The van der Waals surface area contributed by atoms with Crippen molar-refractivity contribution in [3.05, 3.63) is 35.4 Å². The van der Waals surface area contributed by atoms with Crippen LogP contribution in [0.1, 0.15) is 36.9 Å². The standard InChI is InChI=1S/C16H23N3/c1-3-8-19-9-7-15-14(11-19)16(18-17-15)13-6-4-5-12(2)10-13/h4-6,10,14,16,18H,3,7-9,11H2,1-2H3. The average Bonchev–Trinajstić information content (AvgIpc) is 2.82. The minimum atomic E-state index is 0.370. The molecule has 0 bridgehead atoms. The zero-order chi connectivity index (χ0) is 13.2. The molecule has 2 aliphatic rings. The lowest BCUT2D eigenvalue weighted by atomic mass is 9.86. The van der Waals surface area contributed by atoms with E-state index in [0.29, 0.717) is 12.0 Å². The third-order valence-corrected chi connectivity index (χ3v) is 4.26. The highest BCUT2D eigenvalue weighted by Gasteiger charge is 2.36. The molecule has 2 atom stereocenters. The van der Waals surface area contributed by atoms with Crippen LogP contribution in [0, 0.1) is 12.8 Å². The van der Waals surface area contributed by atoms with Gasteiger partial charge in [-0.2, -0.15) is 5.10 Å². The molecule has 0 amide bonds. The van der Waals surface area contributed by atoms with E-state index in [4.69, 9.17) is 0 Å². The molecule has 2 aliphatic heterocycles. The van der Waals surface area contributed by atoms with E-state index >= 15 is 0 Å². The van der Waals surface area contributed by atoms with Crippen LogP contribution >= 0.6 is 0 Å². The summed E-state index contributed by atoms with van der Waals surface area (Å²) in [4.78, 5) is 2.58. The van der Waals surface area contributed by atoms with Gasteiger partial charge in [0.15, 0.2) is 0 Å². The molecule has 1 aromatic rings. The number of nitrogens with one attached hydrogen (secondary N) is 1. The normalized spacial score (nSPS) is 26.7. The van der Waals surface area contributed by atoms with Crippen LogP contribution in [0.5, 0.6) is 0 Å². The highest BCUT2D eigenvalue weighted by atomic mass is 15.4. The molecule has 19 heavy (non-hydrogen) atoms. The minimum absolute atomic E-state index is 0.370. The van der Waals surface area contributed by atoms with Crippen LogP contribution in [0.4, 0.5) is 0 Å². The van der Waals surface area contributed by atoms with Crippen LogP contribution in [0.15, 0.2) is 29.4 Å². The molecule has 3 rings (SSSR count). The van der Waals surface area contributed by atoms with Crippen molar-refractivity contribution < 1.29 is 0 Å². The Labute approximate surface area is 115 Å². The van der Waals surface area contributed by atoms with Crippen LogP contribution < -0.4 is 5.43 Å². The number of hydrogen-bond donors (Lipinski definition) is 1. The van der Waals surface area contributed by atoms with Gasteiger partial charge in [0.25, 0.3) is 0 Å². The number of fused-ring (bicyclic) bond motifs is 1. The monoisotopic (exact) mass is 257 g/mol. The molecule has 3 nitrogen and oxygen atoms in total. The molecule has 102 valence electrons. The van der Waals surface area contributed by atoms with Gasteiger partial charge in [-0.25, -0.2) is 0 Å². The van der Waals surface area contributed by atoms with Crippen LogP contribution in [0.3, 0.4) is 0 Å². The van der Waals surface area contributed by atoms with Crippen molar-refractivity contribution in [2.75, 3.05) is 19.6 Å². The van der Waals surface area contributed by atoms with E-state index in [1.54, 1.807) is 0 Å². The van der Waals surface area contributed by atoms with E-state index in [0.717, 1.165) is 13.0 Å². The van der Waals surface area contributed by atoms with Gasteiger partial charge < -0.3 is 10.3 Å². The largest absolute Gasteiger partial charge is 0.302 e. The Morgan fingerprint density at radius 1 is 1.42 bits per heavy atom. The number of aryl methyl sites for hydroxylation is 1. The molecular formula is C16H23N3. The van der Waals surface area contributed by atoms with Gasteiger partial charge in [0.1, 0.15) is 0 Å². The predicted octanol–water partition coefficient (Wildman–Crippen LogP) is 2.73. The van der Waals surface area contributed by atoms with Gasteiger partial charge >= 0.3 is 0 Å². The number of nitrogens with zero attached hydrogens (tertiary/aromatic N) is 2. The van der Waals surface area contributed by atoms with Crippen LogP contribution in [-0.4, -0.2) is 30.2 Å². The van der Waals surface area contributed by atoms with E-state index in [9.17, 15) is 0 Å². The molecule has 1 saturated heterocycles. The van der Waals surface area contributed by atoms with Crippen LogP contribution in [0.25, 0.3) is 0 Å². The Kier molecular flexibility index (Phi) is 3.56. The van der Waals surface area contributed by atoms with E-state index in [1.165, 1.54) is 36.3 Å². The van der Waals surface area contributed by atoms with Crippen molar-refractivity contribution in [1.82, 2.24) is 10.3 Å². The molecule has 0 aromatic heterocycles. The summed E-state index contributed by atoms with van der Waals surface area (Å²) in [6, 6.07) is 9.19. The van der Waals surface area contributed by atoms with Gasteiger partial charge in [-0.3, -0.25) is 0 Å². The molecule has 0 radical (unpaired) electrons. The minimum Gasteiger partial charge on any atom is -0.302 e. The molecule has 1 N–H and O–H groups in total. The predicted molar refractivity (Wildman–Crippen MR) is 79.3 cm³/mol. The summed E-state index contributed by atoms with van der Waals surface area (Å²) < 4.78 is 0. The number of likely N-dealkylation sites (tertiary alicyclic amines) is 1. The van der Waals surface area contributed by atoms with E-state index < -0.39 is 0 Å². The molecule has 1 fully saturated rings. The Bertz CT molecular complexity index is 481. The molecule has 0 aliphatic carbocycles. The number of piperidine rings is 1. The Balaban J connectivity index is 1.78. The molecule has 2 heterocycles. The van der Waals surface area contributed by atoms with Crippen LogP contribution in [-0.2, 0) is 0 Å². The van der Waals surface area contributed by atoms with Crippen molar-refractivity contribution in [2.24, 2.45) is 11.0 Å². The summed E-state index contributed by atoms with van der Waals surface area (Å²) in [5.41, 5.74) is 7.44. The van der Waals surface area contributed by atoms with E-state index in [1.807, 2.05) is 0 Å². The summed E-state index contributed by atoms with van der Waals surface area (Å²) in [5, 5.41) is 4.58. The number of rotatable bonds is 3. The maximum Gasteiger partial charge on any atom is 0.0782 e. The SMILES string of the molecule is CCCN1CCC2=NNC(c3cccc(C)c3)C2C1. The van der Waals surface area contributed by atoms with Gasteiger partial charge in [-0.15, -0.1) is 0 Å². The topological polar surface area (TPSA) is 27.6 Å². The molecule has 1 aromatic carbocycles. The fourth-order valence-electron chi connectivity index (χ4n) is 3.30. The van der Waals surface area contributed by atoms with Crippen molar-refractivity contribution in [3.63, 3.8) is 0 Å². The maximum absolute atomic E-state index is 4.58. The molecule has 0 saturated carbocycles. The Morgan fingerprint density at radius 2 is 2.32 bits per heavy atom. The molecule has 2 unspecified atom stereocenters. The first kappa shape index (κ1) is 12.7. The van der Waals surface area contributed by atoms with Crippen LogP contribution in [0.2, 0.25) is 0 Å². The Morgan fingerprint density at radius 3 is 3.11 bits per heavy atom. The maximum atomic E-state index is 4.58. The second-order valence-corrected chi connectivity index (χ2v) is 5.78. The second-order valence-electron chi connectivity index (χ2n) is 5.78. The number of hydrogen-bond acceptors (Lipinski definition) is 3. The zero-order valence-corrected chi connectivity index (χ0v) is 11.9. The van der Waals surface area contributed by atoms with E-state index in [2.05, 4.69) is 53.5 Å². The summed E-state index contributed by atoms with van der Waals surface area (Å²) in [7, 11) is 0. The lowest BCUT2D eigenvalue weighted by Gasteiger charge is -2.33. The highest BCUT2D eigenvalue weighted by molar-refractivity contribution is 5.89. The van der Waals surface area contributed by atoms with Crippen molar-refractivity contribution >= 4 is 5.71 Å². The van der Waals surface area contributed by atoms with Gasteiger partial charge in [0.05, 0.1) is 6.04 Å². The zero-order valence-electron chi connectivity index (χ0n) is 11.9. The molecule has 0 spiro atoms. The smallest absolute Gasteiger partial charge is 0.0782 e. The van der Waals surface area contributed by atoms with Crippen molar-refractivity contribution in [2.45, 2.75) is 32.7 Å². The summed E-state index contributed by atoms with van der Waals surface area (Å²) in [6.45, 7) is 7.95. The summed E-state index contributed by atoms with van der Waals surface area (Å²) in [6.07, 6.45) is 2.36. The second kappa shape index (κ2) is 5.33. The lowest BCUT2D eigenvalue weighted by molar-refractivity contribution is 0.228.